The van der Waals surface area contributed by atoms with Crippen LogP contribution in [0.15, 0.2) is 23.3 Å². The third-order valence-electron chi connectivity index (χ3n) is 4.97. The average Bonchev–Trinajstić information content (AvgIpc) is 2.59. The van der Waals surface area contributed by atoms with Gasteiger partial charge >= 0.3 is 11.9 Å². The molecular weight excluding hydrogens is 312 g/mol. The van der Waals surface area contributed by atoms with Gasteiger partial charge in [-0.05, 0) is 38.7 Å². The monoisotopic (exact) mass is 348 g/mol. The maximum atomic E-state index is 12.0. The standard InChI is InChI=1S/C22H36O3/c1-19-17-15-13-11-9-7-5-3-4-6-8-10-12-14-16-18-21(23)25-22(24)20(19)2/h15,17H,3-14,16,18H2,1-2H3/b17-15-,20-19-. The predicted molar refractivity (Wildman–Crippen MR) is 103 cm³/mol. The minimum absolute atomic E-state index is 0.341. The van der Waals surface area contributed by atoms with Gasteiger partial charge in [0.25, 0.3) is 0 Å². The number of carbonyl (C=O) groups is 2. The van der Waals surface area contributed by atoms with Crippen LogP contribution in [0, 0.1) is 0 Å². The van der Waals surface area contributed by atoms with Gasteiger partial charge in [-0.2, -0.15) is 0 Å². The molecule has 0 aromatic carbocycles. The Balaban J connectivity index is 2.51. The van der Waals surface area contributed by atoms with E-state index < -0.39 is 11.9 Å². The number of rotatable bonds is 0. The van der Waals surface area contributed by atoms with Gasteiger partial charge in [0.1, 0.15) is 0 Å². The zero-order valence-electron chi connectivity index (χ0n) is 16.3. The van der Waals surface area contributed by atoms with E-state index >= 15 is 0 Å². The highest BCUT2D eigenvalue weighted by Crippen LogP contribution is 2.15. The molecule has 0 N–H and O–H groups in total. The van der Waals surface area contributed by atoms with Gasteiger partial charge < -0.3 is 4.74 Å². The molecule has 25 heavy (non-hydrogen) atoms. The number of allylic oxidation sites excluding steroid dienone is 3. The highest BCUT2D eigenvalue weighted by Gasteiger charge is 2.13. The van der Waals surface area contributed by atoms with Crippen LogP contribution >= 0.6 is 0 Å². The minimum Gasteiger partial charge on any atom is -0.390 e. The van der Waals surface area contributed by atoms with Gasteiger partial charge in [0, 0.05) is 12.0 Å². The highest BCUT2D eigenvalue weighted by molar-refractivity contribution is 5.96. The third-order valence-corrected chi connectivity index (χ3v) is 4.97. The number of esters is 2. The van der Waals surface area contributed by atoms with E-state index in [4.69, 9.17) is 4.74 Å². The smallest absolute Gasteiger partial charge is 0.341 e. The normalized spacial score (nSPS) is 25.7. The van der Waals surface area contributed by atoms with Crippen LogP contribution in [0.5, 0.6) is 0 Å². The maximum Gasteiger partial charge on any atom is 0.341 e. The molecule has 1 heterocycles. The first kappa shape index (κ1) is 21.7. The van der Waals surface area contributed by atoms with E-state index in [0.29, 0.717) is 12.0 Å². The molecule has 0 atom stereocenters. The summed E-state index contributed by atoms with van der Waals surface area (Å²) in [6.45, 7) is 3.62. The molecule has 0 radical (unpaired) electrons. The summed E-state index contributed by atoms with van der Waals surface area (Å²) in [4.78, 5) is 23.8. The van der Waals surface area contributed by atoms with E-state index in [0.717, 1.165) is 24.8 Å². The molecule has 1 aliphatic rings. The average molecular weight is 349 g/mol. The molecule has 0 saturated heterocycles. The molecule has 1 aliphatic heterocycles. The van der Waals surface area contributed by atoms with Gasteiger partial charge in [-0.25, -0.2) is 4.79 Å². The summed E-state index contributed by atoms with van der Waals surface area (Å²) in [5.41, 5.74) is 1.40. The molecule has 0 aromatic rings. The van der Waals surface area contributed by atoms with Gasteiger partial charge in [-0.15, -0.1) is 0 Å². The van der Waals surface area contributed by atoms with Gasteiger partial charge in [0.05, 0.1) is 0 Å². The Morgan fingerprint density at radius 2 is 1.20 bits per heavy atom. The van der Waals surface area contributed by atoms with E-state index in [-0.39, 0.29) is 0 Å². The predicted octanol–water partition coefficient (Wildman–Crippen LogP) is 6.42. The van der Waals surface area contributed by atoms with Crippen LogP contribution in [-0.2, 0) is 14.3 Å². The van der Waals surface area contributed by atoms with Crippen LogP contribution < -0.4 is 0 Å². The van der Waals surface area contributed by atoms with Crippen LogP contribution in [0.4, 0.5) is 0 Å². The first-order valence-electron chi connectivity index (χ1n) is 10.2. The zero-order valence-corrected chi connectivity index (χ0v) is 16.3. The summed E-state index contributed by atoms with van der Waals surface area (Å²) < 4.78 is 4.96. The fraction of sp³-hybridized carbons (Fsp3) is 0.727. The Morgan fingerprint density at radius 1 is 0.720 bits per heavy atom. The van der Waals surface area contributed by atoms with Crippen molar-refractivity contribution in [2.75, 3.05) is 0 Å². The summed E-state index contributed by atoms with van der Waals surface area (Å²) in [6, 6.07) is 0. The van der Waals surface area contributed by atoms with Crippen LogP contribution in [0.2, 0.25) is 0 Å². The Bertz CT molecular complexity index is 460. The summed E-state index contributed by atoms with van der Waals surface area (Å²) in [7, 11) is 0. The van der Waals surface area contributed by atoms with Gasteiger partial charge in [0.2, 0.25) is 0 Å². The highest BCUT2D eigenvalue weighted by atomic mass is 16.6. The second-order valence-corrected chi connectivity index (χ2v) is 7.25. The van der Waals surface area contributed by atoms with Crippen LogP contribution in [0.1, 0.15) is 104 Å². The van der Waals surface area contributed by atoms with Gasteiger partial charge in [0.15, 0.2) is 0 Å². The lowest BCUT2D eigenvalue weighted by molar-refractivity contribution is -0.157. The van der Waals surface area contributed by atoms with Crippen molar-refractivity contribution in [3.05, 3.63) is 23.3 Å². The van der Waals surface area contributed by atoms with Crippen molar-refractivity contribution in [1.29, 1.82) is 0 Å². The Labute approximate surface area is 153 Å². The van der Waals surface area contributed by atoms with E-state index in [2.05, 4.69) is 6.08 Å². The molecule has 0 unspecified atom stereocenters. The second-order valence-electron chi connectivity index (χ2n) is 7.25. The van der Waals surface area contributed by atoms with Gasteiger partial charge in [-0.3, -0.25) is 4.79 Å². The summed E-state index contributed by atoms with van der Waals surface area (Å²) in [5, 5.41) is 0. The molecule has 142 valence electrons. The van der Waals surface area contributed by atoms with Crippen molar-refractivity contribution in [1.82, 2.24) is 0 Å². The van der Waals surface area contributed by atoms with E-state index in [9.17, 15) is 9.59 Å². The summed E-state index contributed by atoms with van der Waals surface area (Å²) in [5.74, 6) is -0.898. The lowest BCUT2D eigenvalue weighted by Crippen LogP contribution is -2.13. The second kappa shape index (κ2) is 13.9. The lowest BCUT2D eigenvalue weighted by atomic mass is 10.0. The largest absolute Gasteiger partial charge is 0.390 e. The molecule has 0 bridgehead atoms. The lowest BCUT2D eigenvalue weighted by Gasteiger charge is -2.05. The summed E-state index contributed by atoms with van der Waals surface area (Å²) >= 11 is 0. The van der Waals surface area contributed by atoms with Crippen LogP contribution in [0.25, 0.3) is 0 Å². The summed E-state index contributed by atoms with van der Waals surface area (Å²) in [6.07, 6.45) is 20.3. The number of hydrogen-bond donors (Lipinski definition) is 0. The van der Waals surface area contributed by atoms with Crippen molar-refractivity contribution in [3.63, 3.8) is 0 Å². The van der Waals surface area contributed by atoms with E-state index in [1.54, 1.807) is 6.92 Å². The van der Waals surface area contributed by atoms with Crippen LogP contribution in [0.3, 0.4) is 0 Å². The molecule has 0 spiro atoms. The van der Waals surface area contributed by atoms with Crippen molar-refractivity contribution in [2.45, 2.75) is 104 Å². The fourth-order valence-electron chi connectivity index (χ4n) is 3.08. The Morgan fingerprint density at radius 3 is 1.76 bits per heavy atom. The molecule has 0 fully saturated rings. The molecule has 0 amide bonds. The van der Waals surface area contributed by atoms with E-state index in [1.807, 2.05) is 13.0 Å². The van der Waals surface area contributed by atoms with Crippen molar-refractivity contribution in [2.24, 2.45) is 0 Å². The number of ether oxygens (including phenoxy) is 1. The zero-order chi connectivity index (χ0) is 18.3. The SMILES string of the molecule is CC1=C(\C)C(=O)OC(=O)CCCCCCCCCCCCCC/C=C\1. The van der Waals surface area contributed by atoms with Crippen molar-refractivity contribution in [3.8, 4) is 0 Å². The molecule has 0 aliphatic carbocycles. The Kier molecular flexibility index (Phi) is 12.0. The first-order valence-corrected chi connectivity index (χ1v) is 10.2. The molecule has 3 heteroatoms. The van der Waals surface area contributed by atoms with Gasteiger partial charge in [-0.1, -0.05) is 76.4 Å². The number of carbonyl (C=O) groups excluding carboxylic acids is 2. The number of hydrogen-bond acceptors (Lipinski definition) is 3. The first-order chi connectivity index (χ1) is 12.1. The molecule has 0 saturated carbocycles. The fourth-order valence-corrected chi connectivity index (χ4v) is 3.08. The third kappa shape index (κ3) is 11.0. The molecular formula is C22H36O3. The molecule has 0 aromatic heterocycles. The molecule has 3 nitrogen and oxygen atoms in total. The van der Waals surface area contributed by atoms with Crippen LogP contribution in [-0.4, -0.2) is 11.9 Å². The molecule has 1 rings (SSSR count). The number of cyclic esters (lactones) is 2. The van der Waals surface area contributed by atoms with Crippen molar-refractivity contribution >= 4 is 11.9 Å². The topological polar surface area (TPSA) is 43.4 Å². The minimum atomic E-state index is -0.502. The van der Waals surface area contributed by atoms with E-state index in [1.165, 1.54) is 64.2 Å². The van der Waals surface area contributed by atoms with Crippen molar-refractivity contribution < 1.29 is 14.3 Å². The maximum absolute atomic E-state index is 12.0. The Hall–Kier alpha value is -1.38. The quantitative estimate of drug-likeness (QED) is 0.374.